The Morgan fingerprint density at radius 3 is 2.62 bits per heavy atom. The minimum Gasteiger partial charge on any atom is -0.481 e. The van der Waals surface area contributed by atoms with E-state index in [2.05, 4.69) is 10.4 Å². The predicted octanol–water partition coefficient (Wildman–Crippen LogP) is 2.41. The number of aliphatic carboxylic acids is 1. The number of carbonyl (C=O) groups is 2. The Hall–Kier alpha value is -2.67. The second-order valence-corrected chi connectivity index (χ2v) is 6.86. The third kappa shape index (κ3) is 4.29. The minimum atomic E-state index is -1.01. The van der Waals surface area contributed by atoms with Gasteiger partial charge in [0.05, 0.1) is 41.7 Å². The number of rotatable bonds is 7. The third-order valence-corrected chi connectivity index (χ3v) is 4.27. The van der Waals surface area contributed by atoms with Crippen LogP contribution in [0.3, 0.4) is 0 Å². The first-order chi connectivity index (χ1) is 12.2. The summed E-state index contributed by atoms with van der Waals surface area (Å²) in [4.78, 5) is 23.8. The van der Waals surface area contributed by atoms with Gasteiger partial charge in [0.2, 0.25) is 0 Å². The first-order valence-corrected chi connectivity index (χ1v) is 8.32. The van der Waals surface area contributed by atoms with Crippen molar-refractivity contribution < 1.29 is 19.4 Å². The van der Waals surface area contributed by atoms with E-state index in [1.807, 2.05) is 39.0 Å². The first-order valence-electron chi connectivity index (χ1n) is 8.32. The van der Waals surface area contributed by atoms with Gasteiger partial charge in [-0.25, -0.2) is 4.68 Å². The van der Waals surface area contributed by atoms with Gasteiger partial charge in [0.15, 0.2) is 0 Å². The molecule has 0 saturated carbocycles. The van der Waals surface area contributed by atoms with Crippen LogP contribution in [0.15, 0.2) is 24.4 Å². The standard InChI is InChI=1S/C19H25N3O4/c1-12-6-7-13(2)16(8-12)22-14(3)15(10-20-22)18(25)21-19(4,11-26-5)9-17(23)24/h6-8,10H,9,11H2,1-5H3,(H,21,25)(H,23,24). The lowest BCUT2D eigenvalue weighted by Gasteiger charge is -2.28. The zero-order valence-corrected chi connectivity index (χ0v) is 15.8. The summed E-state index contributed by atoms with van der Waals surface area (Å²) in [7, 11) is 1.47. The number of carboxylic acid groups (broad SMARTS) is 1. The normalized spacial score (nSPS) is 13.3. The number of methoxy groups -OCH3 is 1. The number of carboxylic acids is 1. The number of nitrogens with zero attached hydrogens (tertiary/aromatic N) is 2. The summed E-state index contributed by atoms with van der Waals surface area (Å²) >= 11 is 0. The number of carbonyl (C=O) groups excluding carboxylic acids is 1. The van der Waals surface area contributed by atoms with Gasteiger partial charge < -0.3 is 15.2 Å². The van der Waals surface area contributed by atoms with E-state index in [0.29, 0.717) is 11.3 Å². The van der Waals surface area contributed by atoms with Crippen molar-refractivity contribution in [2.24, 2.45) is 0 Å². The molecule has 26 heavy (non-hydrogen) atoms. The van der Waals surface area contributed by atoms with E-state index < -0.39 is 11.5 Å². The predicted molar refractivity (Wildman–Crippen MR) is 97.8 cm³/mol. The van der Waals surface area contributed by atoms with Gasteiger partial charge in [-0.15, -0.1) is 0 Å². The quantitative estimate of drug-likeness (QED) is 0.792. The fourth-order valence-electron chi connectivity index (χ4n) is 2.95. The van der Waals surface area contributed by atoms with Crippen LogP contribution in [0.4, 0.5) is 0 Å². The molecule has 1 heterocycles. The van der Waals surface area contributed by atoms with Crippen LogP contribution in [-0.2, 0) is 9.53 Å². The topological polar surface area (TPSA) is 93.4 Å². The number of aryl methyl sites for hydroxylation is 2. The molecule has 0 aliphatic heterocycles. The van der Waals surface area contributed by atoms with Gasteiger partial charge in [-0.3, -0.25) is 9.59 Å². The highest BCUT2D eigenvalue weighted by Gasteiger charge is 2.31. The molecule has 0 fully saturated rings. The maximum absolute atomic E-state index is 12.7. The number of hydrogen-bond donors (Lipinski definition) is 2. The molecule has 2 aromatic rings. The van der Waals surface area contributed by atoms with Crippen LogP contribution < -0.4 is 5.32 Å². The Bertz CT molecular complexity index is 828. The molecule has 1 amide bonds. The molecule has 0 aliphatic carbocycles. The maximum Gasteiger partial charge on any atom is 0.305 e. The van der Waals surface area contributed by atoms with E-state index in [4.69, 9.17) is 9.84 Å². The van der Waals surface area contributed by atoms with E-state index in [9.17, 15) is 9.59 Å². The van der Waals surface area contributed by atoms with Crippen LogP contribution in [-0.4, -0.2) is 46.0 Å². The Morgan fingerprint density at radius 1 is 1.31 bits per heavy atom. The van der Waals surface area contributed by atoms with Gasteiger partial charge >= 0.3 is 5.97 Å². The van der Waals surface area contributed by atoms with Crippen molar-refractivity contribution >= 4 is 11.9 Å². The highest BCUT2D eigenvalue weighted by atomic mass is 16.5. The van der Waals surface area contributed by atoms with Crippen molar-refractivity contribution in [3.63, 3.8) is 0 Å². The summed E-state index contributed by atoms with van der Waals surface area (Å²) in [5, 5.41) is 16.2. The molecule has 0 radical (unpaired) electrons. The SMILES string of the molecule is COCC(C)(CC(=O)O)NC(=O)c1cnn(-c2cc(C)ccc2C)c1C. The Labute approximate surface area is 153 Å². The second-order valence-electron chi connectivity index (χ2n) is 6.86. The molecule has 1 aromatic heterocycles. The van der Waals surface area contributed by atoms with Gasteiger partial charge in [0.25, 0.3) is 5.91 Å². The number of benzene rings is 1. The van der Waals surface area contributed by atoms with Gasteiger partial charge in [-0.05, 0) is 44.9 Å². The van der Waals surface area contributed by atoms with Crippen LogP contribution in [0.2, 0.25) is 0 Å². The molecule has 1 atom stereocenters. The lowest BCUT2D eigenvalue weighted by atomic mass is 9.98. The number of amides is 1. The Balaban J connectivity index is 2.32. The fraction of sp³-hybridized carbons (Fsp3) is 0.421. The van der Waals surface area contributed by atoms with E-state index in [1.54, 1.807) is 11.6 Å². The van der Waals surface area contributed by atoms with Gasteiger partial charge in [0.1, 0.15) is 0 Å². The lowest BCUT2D eigenvalue weighted by molar-refractivity contribution is -0.139. The zero-order chi connectivity index (χ0) is 19.5. The number of aromatic nitrogens is 2. The molecule has 0 bridgehead atoms. The van der Waals surface area contributed by atoms with Gasteiger partial charge in [0, 0.05) is 7.11 Å². The van der Waals surface area contributed by atoms with Crippen LogP contribution in [0.1, 0.15) is 40.5 Å². The van der Waals surface area contributed by atoms with Crippen molar-refractivity contribution in [1.82, 2.24) is 15.1 Å². The van der Waals surface area contributed by atoms with Crippen LogP contribution in [0.25, 0.3) is 5.69 Å². The smallest absolute Gasteiger partial charge is 0.305 e. The average molecular weight is 359 g/mol. The van der Waals surface area contributed by atoms with Crippen molar-refractivity contribution in [2.45, 2.75) is 39.7 Å². The minimum absolute atomic E-state index is 0.0925. The lowest BCUT2D eigenvalue weighted by Crippen LogP contribution is -2.50. The zero-order valence-electron chi connectivity index (χ0n) is 15.8. The summed E-state index contributed by atoms with van der Waals surface area (Å²) in [6, 6.07) is 6.04. The molecule has 0 aliphatic rings. The van der Waals surface area contributed by atoms with Crippen LogP contribution in [0, 0.1) is 20.8 Å². The molecular weight excluding hydrogens is 334 g/mol. The fourth-order valence-corrected chi connectivity index (χ4v) is 2.95. The molecule has 1 unspecified atom stereocenters. The van der Waals surface area contributed by atoms with Gasteiger partial charge in [-0.1, -0.05) is 12.1 Å². The van der Waals surface area contributed by atoms with Crippen LogP contribution in [0.5, 0.6) is 0 Å². The van der Waals surface area contributed by atoms with Crippen molar-refractivity contribution in [2.75, 3.05) is 13.7 Å². The average Bonchev–Trinajstić information content (AvgIpc) is 2.90. The highest BCUT2D eigenvalue weighted by molar-refractivity contribution is 5.96. The van der Waals surface area contributed by atoms with E-state index in [-0.39, 0.29) is 18.9 Å². The molecule has 7 nitrogen and oxygen atoms in total. The highest BCUT2D eigenvalue weighted by Crippen LogP contribution is 2.20. The molecular formula is C19H25N3O4. The molecule has 140 valence electrons. The van der Waals surface area contributed by atoms with E-state index in [1.165, 1.54) is 13.3 Å². The van der Waals surface area contributed by atoms with Crippen molar-refractivity contribution in [3.8, 4) is 5.69 Å². The maximum atomic E-state index is 12.7. The summed E-state index contributed by atoms with van der Waals surface area (Å²) < 4.78 is 6.80. The molecule has 0 spiro atoms. The number of nitrogens with one attached hydrogen (secondary N) is 1. The Morgan fingerprint density at radius 2 is 2.00 bits per heavy atom. The Kier molecular flexibility index (Phi) is 5.82. The third-order valence-electron chi connectivity index (χ3n) is 4.27. The van der Waals surface area contributed by atoms with Crippen molar-refractivity contribution in [3.05, 3.63) is 46.8 Å². The molecule has 2 N–H and O–H groups in total. The number of hydrogen-bond acceptors (Lipinski definition) is 4. The number of ether oxygens (including phenoxy) is 1. The van der Waals surface area contributed by atoms with Gasteiger partial charge in [-0.2, -0.15) is 5.10 Å². The van der Waals surface area contributed by atoms with Crippen molar-refractivity contribution in [1.29, 1.82) is 0 Å². The van der Waals surface area contributed by atoms with Crippen LogP contribution >= 0.6 is 0 Å². The molecule has 2 rings (SSSR count). The molecule has 0 saturated heterocycles. The molecule has 1 aromatic carbocycles. The summed E-state index contributed by atoms with van der Waals surface area (Å²) in [5.74, 6) is -1.38. The second kappa shape index (κ2) is 7.70. The first kappa shape index (κ1) is 19.7. The van der Waals surface area contributed by atoms with E-state index >= 15 is 0 Å². The monoisotopic (exact) mass is 359 g/mol. The molecule has 7 heteroatoms. The van der Waals surface area contributed by atoms with E-state index in [0.717, 1.165) is 16.8 Å². The largest absolute Gasteiger partial charge is 0.481 e. The summed E-state index contributed by atoms with van der Waals surface area (Å²) in [5.41, 5.74) is 3.13. The summed E-state index contributed by atoms with van der Waals surface area (Å²) in [6.45, 7) is 7.53. The summed E-state index contributed by atoms with van der Waals surface area (Å²) in [6.07, 6.45) is 1.26.